The molecule has 0 bridgehead atoms. The van der Waals surface area contributed by atoms with Crippen molar-refractivity contribution in [1.82, 2.24) is 9.47 Å². The molecule has 1 amide bonds. The van der Waals surface area contributed by atoms with Crippen molar-refractivity contribution in [3.8, 4) is 11.5 Å². The molecule has 0 radical (unpaired) electrons. The van der Waals surface area contributed by atoms with Gasteiger partial charge in [-0.05, 0) is 61.2 Å². The zero-order valence-electron chi connectivity index (χ0n) is 22.0. The fourth-order valence-corrected chi connectivity index (χ4v) is 5.44. The number of aromatic nitrogens is 1. The number of rotatable bonds is 8. The zero-order chi connectivity index (χ0) is 26.5. The summed E-state index contributed by atoms with van der Waals surface area (Å²) < 4.78 is 13.5. The van der Waals surface area contributed by atoms with Gasteiger partial charge in [0.15, 0.2) is 0 Å². The Morgan fingerprint density at radius 3 is 2.55 bits per heavy atom. The van der Waals surface area contributed by atoms with Crippen LogP contribution in [0.15, 0.2) is 85.1 Å². The summed E-state index contributed by atoms with van der Waals surface area (Å²) in [6.07, 6.45) is 3.99. The van der Waals surface area contributed by atoms with E-state index in [1.54, 1.807) is 0 Å². The first-order valence-corrected chi connectivity index (χ1v) is 13.3. The highest BCUT2D eigenvalue weighted by Crippen LogP contribution is 2.37. The first-order valence-electron chi connectivity index (χ1n) is 13.3. The second-order valence-corrected chi connectivity index (χ2v) is 9.89. The Labute approximate surface area is 223 Å². The highest BCUT2D eigenvalue weighted by Gasteiger charge is 2.31. The van der Waals surface area contributed by atoms with Gasteiger partial charge in [0.1, 0.15) is 11.5 Å². The fraction of sp³-hybridized carbons (Fsp3) is 0.312. The van der Waals surface area contributed by atoms with E-state index in [9.17, 15) is 9.59 Å². The molecule has 2 heterocycles. The minimum Gasteiger partial charge on any atom is -0.466 e. The molecular formula is C32H34N2O4. The number of aryl methyl sites for hydroxylation is 1. The van der Waals surface area contributed by atoms with Gasteiger partial charge in [-0.25, -0.2) is 0 Å². The second kappa shape index (κ2) is 11.5. The first kappa shape index (κ1) is 25.6. The van der Waals surface area contributed by atoms with E-state index in [1.807, 2.05) is 79.5 Å². The average molecular weight is 511 g/mol. The third-order valence-electron chi connectivity index (χ3n) is 7.32. The van der Waals surface area contributed by atoms with Gasteiger partial charge >= 0.3 is 5.97 Å². The number of carbonyl (C=O) groups excluding carboxylic acids is 2. The van der Waals surface area contributed by atoms with Crippen molar-refractivity contribution in [1.29, 1.82) is 0 Å². The van der Waals surface area contributed by atoms with Crippen LogP contribution in [0.25, 0.3) is 10.9 Å². The summed E-state index contributed by atoms with van der Waals surface area (Å²) in [5.41, 5.74) is 3.24. The van der Waals surface area contributed by atoms with Crippen molar-refractivity contribution in [2.24, 2.45) is 13.0 Å². The van der Waals surface area contributed by atoms with Gasteiger partial charge < -0.3 is 18.9 Å². The van der Waals surface area contributed by atoms with Crippen molar-refractivity contribution in [3.05, 3.63) is 96.2 Å². The van der Waals surface area contributed by atoms with Gasteiger partial charge in [0, 0.05) is 49.6 Å². The highest BCUT2D eigenvalue weighted by molar-refractivity contribution is 5.87. The Morgan fingerprint density at radius 2 is 1.74 bits per heavy atom. The van der Waals surface area contributed by atoms with E-state index in [-0.39, 0.29) is 23.7 Å². The number of amides is 1. The van der Waals surface area contributed by atoms with E-state index in [0.29, 0.717) is 26.1 Å². The molecule has 3 aromatic carbocycles. The standard InChI is InChI=1S/C32H34N2O4/c1-3-37-32(36)24-12-10-18-34(21-24)31(35)20-28(29-22-33(2)30-17-8-7-16-27(29)30)23-11-9-15-26(19-23)38-25-13-5-4-6-14-25/h4-9,11,13-17,19,22,24,28H,3,10,12,18,20-21H2,1-2H3. The first-order chi connectivity index (χ1) is 18.5. The number of para-hydroxylation sites is 2. The van der Waals surface area contributed by atoms with E-state index in [2.05, 4.69) is 29.0 Å². The molecule has 0 spiro atoms. The number of likely N-dealkylation sites (tertiary alicyclic amines) is 1. The smallest absolute Gasteiger partial charge is 0.310 e. The number of esters is 1. The Hall–Kier alpha value is -4.06. The quantitative estimate of drug-likeness (QED) is 0.261. The zero-order valence-corrected chi connectivity index (χ0v) is 22.0. The molecule has 38 heavy (non-hydrogen) atoms. The third kappa shape index (κ3) is 5.59. The molecule has 6 heteroatoms. The average Bonchev–Trinajstić information content (AvgIpc) is 3.28. The van der Waals surface area contributed by atoms with E-state index in [4.69, 9.17) is 9.47 Å². The van der Waals surface area contributed by atoms with Gasteiger partial charge in [-0.15, -0.1) is 0 Å². The number of piperidine rings is 1. The number of fused-ring (bicyclic) bond motifs is 1. The molecule has 196 valence electrons. The summed E-state index contributed by atoms with van der Waals surface area (Å²) in [5, 5.41) is 1.13. The largest absolute Gasteiger partial charge is 0.466 e. The third-order valence-corrected chi connectivity index (χ3v) is 7.32. The predicted molar refractivity (Wildman–Crippen MR) is 148 cm³/mol. The van der Waals surface area contributed by atoms with Crippen molar-refractivity contribution >= 4 is 22.8 Å². The molecular weight excluding hydrogens is 476 g/mol. The Balaban J connectivity index is 1.46. The van der Waals surface area contributed by atoms with E-state index in [0.717, 1.165) is 46.4 Å². The topological polar surface area (TPSA) is 60.8 Å². The number of hydrogen-bond donors (Lipinski definition) is 0. The number of benzene rings is 3. The summed E-state index contributed by atoms with van der Waals surface area (Å²) in [6.45, 7) is 3.24. The lowest BCUT2D eigenvalue weighted by Gasteiger charge is -2.32. The van der Waals surface area contributed by atoms with Crippen LogP contribution in [0.2, 0.25) is 0 Å². The maximum Gasteiger partial charge on any atom is 0.310 e. The van der Waals surface area contributed by atoms with Crippen LogP contribution in [0.5, 0.6) is 11.5 Å². The Kier molecular flexibility index (Phi) is 7.78. The number of ether oxygens (including phenoxy) is 2. The molecule has 0 saturated carbocycles. The Bertz CT molecular complexity index is 1410. The predicted octanol–water partition coefficient (Wildman–Crippen LogP) is 6.29. The van der Waals surface area contributed by atoms with Gasteiger partial charge in [-0.1, -0.05) is 48.5 Å². The van der Waals surface area contributed by atoms with Crippen LogP contribution >= 0.6 is 0 Å². The molecule has 2 atom stereocenters. The molecule has 1 aliphatic rings. The number of hydrogen-bond acceptors (Lipinski definition) is 4. The van der Waals surface area contributed by atoms with Crippen LogP contribution in [0.4, 0.5) is 0 Å². The summed E-state index contributed by atoms with van der Waals surface area (Å²) >= 11 is 0. The molecule has 1 saturated heterocycles. The van der Waals surface area contributed by atoms with Gasteiger partial charge in [-0.2, -0.15) is 0 Å². The molecule has 1 aliphatic heterocycles. The number of carbonyl (C=O) groups is 2. The van der Waals surface area contributed by atoms with E-state index in [1.165, 1.54) is 0 Å². The lowest BCUT2D eigenvalue weighted by atomic mass is 9.87. The molecule has 4 aromatic rings. The molecule has 2 unspecified atom stereocenters. The molecule has 1 fully saturated rings. The molecule has 1 aromatic heterocycles. The highest BCUT2D eigenvalue weighted by atomic mass is 16.5. The van der Waals surface area contributed by atoms with Crippen molar-refractivity contribution < 1.29 is 19.1 Å². The molecule has 6 nitrogen and oxygen atoms in total. The minimum absolute atomic E-state index is 0.0475. The van der Waals surface area contributed by atoms with Crippen LogP contribution in [-0.4, -0.2) is 41.0 Å². The SMILES string of the molecule is CCOC(=O)C1CCCN(C(=O)CC(c2cccc(Oc3ccccc3)c2)c2cn(C)c3ccccc23)C1. The van der Waals surface area contributed by atoms with Gasteiger partial charge in [0.2, 0.25) is 5.91 Å². The summed E-state index contributed by atoms with van der Waals surface area (Å²) in [5.74, 6) is 0.905. The molecule has 0 N–H and O–H groups in total. The molecule has 5 rings (SSSR count). The lowest BCUT2D eigenvalue weighted by Crippen LogP contribution is -2.43. The fourth-order valence-electron chi connectivity index (χ4n) is 5.44. The van der Waals surface area contributed by atoms with Crippen molar-refractivity contribution in [2.75, 3.05) is 19.7 Å². The maximum atomic E-state index is 13.7. The maximum absolute atomic E-state index is 13.7. The van der Waals surface area contributed by atoms with Crippen LogP contribution < -0.4 is 4.74 Å². The van der Waals surface area contributed by atoms with Crippen LogP contribution in [0, 0.1) is 5.92 Å². The summed E-state index contributed by atoms with van der Waals surface area (Å²) in [7, 11) is 2.04. The van der Waals surface area contributed by atoms with Crippen LogP contribution in [0.1, 0.15) is 43.2 Å². The normalized spacial score (nSPS) is 16.3. The Morgan fingerprint density at radius 1 is 0.974 bits per heavy atom. The second-order valence-electron chi connectivity index (χ2n) is 9.89. The van der Waals surface area contributed by atoms with Crippen LogP contribution in [0.3, 0.4) is 0 Å². The van der Waals surface area contributed by atoms with E-state index < -0.39 is 0 Å². The van der Waals surface area contributed by atoms with Crippen LogP contribution in [-0.2, 0) is 21.4 Å². The monoisotopic (exact) mass is 510 g/mol. The summed E-state index contributed by atoms with van der Waals surface area (Å²) in [4.78, 5) is 28.0. The minimum atomic E-state index is -0.258. The number of nitrogens with zero attached hydrogens (tertiary/aromatic N) is 2. The van der Waals surface area contributed by atoms with Crippen molar-refractivity contribution in [2.45, 2.75) is 32.1 Å². The van der Waals surface area contributed by atoms with Gasteiger partial charge in [0.05, 0.1) is 12.5 Å². The van der Waals surface area contributed by atoms with Gasteiger partial charge in [-0.3, -0.25) is 9.59 Å². The van der Waals surface area contributed by atoms with Crippen molar-refractivity contribution in [3.63, 3.8) is 0 Å². The van der Waals surface area contributed by atoms with E-state index >= 15 is 0 Å². The summed E-state index contributed by atoms with van der Waals surface area (Å²) in [6, 6.07) is 26.0. The lowest BCUT2D eigenvalue weighted by molar-refractivity contribution is -0.151. The molecule has 0 aliphatic carbocycles. The van der Waals surface area contributed by atoms with Gasteiger partial charge in [0.25, 0.3) is 0 Å².